The van der Waals surface area contributed by atoms with Crippen molar-refractivity contribution < 1.29 is 14.3 Å². The number of hydrogen-bond donors (Lipinski definition) is 1. The highest BCUT2D eigenvalue weighted by atomic mass is 16.5. The van der Waals surface area contributed by atoms with Crippen molar-refractivity contribution in [3.8, 4) is 11.5 Å². The molecule has 25 heavy (non-hydrogen) atoms. The maximum atomic E-state index is 12.7. The van der Waals surface area contributed by atoms with Crippen LogP contribution in [0.3, 0.4) is 0 Å². The highest BCUT2D eigenvalue weighted by molar-refractivity contribution is 6.07. The number of rotatable bonds is 8. The molecule has 0 aliphatic heterocycles. The van der Waals surface area contributed by atoms with Crippen molar-refractivity contribution in [2.24, 2.45) is 0 Å². The van der Waals surface area contributed by atoms with Gasteiger partial charge < -0.3 is 19.4 Å². The summed E-state index contributed by atoms with van der Waals surface area (Å²) >= 11 is 0. The Bertz CT molecular complexity index is 811. The number of aromatic nitrogens is 1. The molecule has 0 radical (unpaired) electrons. The lowest BCUT2D eigenvalue weighted by molar-refractivity contribution is 0.0954. The molecule has 0 saturated heterocycles. The third-order valence-corrected chi connectivity index (χ3v) is 4.24. The van der Waals surface area contributed by atoms with Gasteiger partial charge >= 0.3 is 0 Å². The Morgan fingerprint density at radius 1 is 1.08 bits per heavy atom. The number of unbranched alkanes of at least 4 members (excludes halogenated alkanes) is 2. The second-order valence-corrected chi connectivity index (χ2v) is 5.85. The van der Waals surface area contributed by atoms with Crippen molar-refractivity contribution in [2.75, 3.05) is 20.8 Å². The van der Waals surface area contributed by atoms with Crippen LogP contribution >= 0.6 is 0 Å². The molecule has 0 bridgehead atoms. The van der Waals surface area contributed by atoms with Gasteiger partial charge in [0.15, 0.2) is 11.5 Å². The summed E-state index contributed by atoms with van der Waals surface area (Å²) < 4.78 is 12.2. The first kappa shape index (κ1) is 18.8. The summed E-state index contributed by atoms with van der Waals surface area (Å²) in [4.78, 5) is 25.3. The van der Waals surface area contributed by atoms with Gasteiger partial charge in [-0.3, -0.25) is 9.59 Å². The van der Waals surface area contributed by atoms with Crippen LogP contribution in [0.1, 0.15) is 43.5 Å². The van der Waals surface area contributed by atoms with E-state index in [2.05, 4.69) is 12.2 Å². The molecule has 2 rings (SSSR count). The molecule has 1 amide bonds. The first-order chi connectivity index (χ1) is 12.1. The molecule has 0 saturated carbocycles. The summed E-state index contributed by atoms with van der Waals surface area (Å²) in [5.41, 5.74) is 0.315. The van der Waals surface area contributed by atoms with Crippen LogP contribution in [0.25, 0.3) is 10.8 Å². The molecule has 0 unspecified atom stereocenters. The highest BCUT2D eigenvalue weighted by Crippen LogP contribution is 2.32. The lowest BCUT2D eigenvalue weighted by Crippen LogP contribution is -2.28. The number of hydrogen-bond acceptors (Lipinski definition) is 4. The number of methoxy groups -OCH3 is 2. The Labute approximate surface area is 147 Å². The number of amides is 1. The van der Waals surface area contributed by atoms with E-state index in [0.29, 0.717) is 40.9 Å². The van der Waals surface area contributed by atoms with Crippen LogP contribution < -0.4 is 20.3 Å². The van der Waals surface area contributed by atoms with E-state index >= 15 is 0 Å². The second-order valence-electron chi connectivity index (χ2n) is 5.85. The van der Waals surface area contributed by atoms with Gasteiger partial charge in [0.1, 0.15) is 0 Å². The van der Waals surface area contributed by atoms with Crippen molar-refractivity contribution in [2.45, 2.75) is 39.7 Å². The lowest BCUT2D eigenvalue weighted by atomic mass is 10.1. The molecule has 1 heterocycles. The number of fused-ring (bicyclic) bond motifs is 1. The maximum absolute atomic E-state index is 12.7. The number of carbonyl (C=O) groups excluding carboxylic acids is 1. The van der Waals surface area contributed by atoms with Crippen molar-refractivity contribution in [1.82, 2.24) is 9.88 Å². The largest absolute Gasteiger partial charge is 0.493 e. The molecule has 6 nitrogen and oxygen atoms in total. The Morgan fingerprint density at radius 2 is 1.72 bits per heavy atom. The summed E-state index contributed by atoms with van der Waals surface area (Å²) in [5.74, 6) is 0.773. The summed E-state index contributed by atoms with van der Waals surface area (Å²) in [6.45, 7) is 5.09. The maximum Gasteiger partial charge on any atom is 0.258 e. The minimum atomic E-state index is -0.185. The van der Waals surface area contributed by atoms with Gasteiger partial charge in [0, 0.05) is 24.7 Å². The summed E-state index contributed by atoms with van der Waals surface area (Å²) in [7, 11) is 3.05. The third kappa shape index (κ3) is 3.95. The Kier molecular flexibility index (Phi) is 6.44. The lowest BCUT2D eigenvalue weighted by Gasteiger charge is -2.14. The Hall–Kier alpha value is -2.50. The smallest absolute Gasteiger partial charge is 0.258 e. The molecule has 6 heteroatoms. The van der Waals surface area contributed by atoms with Gasteiger partial charge in [-0.2, -0.15) is 0 Å². The second kappa shape index (κ2) is 8.55. The van der Waals surface area contributed by atoms with Gasteiger partial charge in [-0.1, -0.05) is 19.8 Å². The number of ether oxygens (including phenoxy) is 2. The third-order valence-electron chi connectivity index (χ3n) is 4.24. The van der Waals surface area contributed by atoms with Gasteiger partial charge in [0.25, 0.3) is 11.5 Å². The molecule has 0 aliphatic carbocycles. The molecular formula is C19H26N2O4. The molecule has 0 spiro atoms. The van der Waals surface area contributed by atoms with Crippen LogP contribution in [0.15, 0.2) is 23.1 Å². The minimum Gasteiger partial charge on any atom is -0.493 e. The van der Waals surface area contributed by atoms with Crippen LogP contribution in [0.4, 0.5) is 0 Å². The summed E-state index contributed by atoms with van der Waals surface area (Å²) in [6, 6.07) is 3.33. The number of aryl methyl sites for hydroxylation is 1. The quantitative estimate of drug-likeness (QED) is 0.746. The number of nitrogens with zero attached hydrogens (tertiary/aromatic N) is 1. The van der Waals surface area contributed by atoms with Crippen LogP contribution in [0, 0.1) is 0 Å². The molecule has 2 aromatic rings. The van der Waals surface area contributed by atoms with Crippen LogP contribution in [0.5, 0.6) is 11.5 Å². The summed E-state index contributed by atoms with van der Waals surface area (Å²) in [6.07, 6.45) is 4.72. The fourth-order valence-electron chi connectivity index (χ4n) is 2.81. The molecule has 0 atom stereocenters. The van der Waals surface area contributed by atoms with Gasteiger partial charge in [-0.15, -0.1) is 0 Å². The van der Waals surface area contributed by atoms with Gasteiger partial charge in [0.05, 0.1) is 25.2 Å². The topological polar surface area (TPSA) is 69.6 Å². The zero-order chi connectivity index (χ0) is 18.4. The normalized spacial score (nSPS) is 10.7. The van der Waals surface area contributed by atoms with Crippen molar-refractivity contribution in [3.63, 3.8) is 0 Å². The zero-order valence-electron chi connectivity index (χ0n) is 15.3. The van der Waals surface area contributed by atoms with E-state index in [4.69, 9.17) is 9.47 Å². The number of nitrogens with one attached hydrogen (secondary N) is 1. The van der Waals surface area contributed by atoms with Crippen LogP contribution in [0.2, 0.25) is 0 Å². The van der Waals surface area contributed by atoms with E-state index in [0.717, 1.165) is 19.3 Å². The van der Waals surface area contributed by atoms with Crippen LogP contribution in [-0.2, 0) is 6.54 Å². The molecule has 1 N–H and O–H groups in total. The van der Waals surface area contributed by atoms with Gasteiger partial charge in [0.2, 0.25) is 0 Å². The van der Waals surface area contributed by atoms with Gasteiger partial charge in [-0.25, -0.2) is 0 Å². The monoisotopic (exact) mass is 346 g/mol. The van der Waals surface area contributed by atoms with Gasteiger partial charge in [-0.05, 0) is 25.5 Å². The standard InChI is InChI=1S/C19H26N2O4/c1-5-7-8-9-20-18(22)15-12-21(6-2)19(23)14-11-17(25-4)16(24-3)10-13(14)15/h10-12H,5-9H2,1-4H3,(H,20,22). The fourth-order valence-corrected chi connectivity index (χ4v) is 2.81. The molecule has 0 aliphatic rings. The first-order valence-corrected chi connectivity index (χ1v) is 8.64. The molecule has 0 fully saturated rings. The minimum absolute atomic E-state index is 0.152. The van der Waals surface area contributed by atoms with E-state index < -0.39 is 0 Å². The number of benzene rings is 1. The zero-order valence-corrected chi connectivity index (χ0v) is 15.3. The Morgan fingerprint density at radius 3 is 2.28 bits per heavy atom. The average Bonchev–Trinajstić information content (AvgIpc) is 2.64. The van der Waals surface area contributed by atoms with Crippen molar-refractivity contribution in [1.29, 1.82) is 0 Å². The van der Waals surface area contributed by atoms with E-state index in [1.165, 1.54) is 18.8 Å². The predicted octanol–water partition coefficient (Wildman–Crippen LogP) is 2.96. The van der Waals surface area contributed by atoms with E-state index in [1.54, 1.807) is 18.3 Å². The molecular weight excluding hydrogens is 320 g/mol. The predicted molar refractivity (Wildman–Crippen MR) is 98.8 cm³/mol. The molecule has 136 valence electrons. The average molecular weight is 346 g/mol. The summed E-state index contributed by atoms with van der Waals surface area (Å²) in [5, 5.41) is 3.95. The molecule has 1 aromatic carbocycles. The fraction of sp³-hybridized carbons (Fsp3) is 0.474. The molecule has 1 aromatic heterocycles. The van der Waals surface area contributed by atoms with E-state index in [1.807, 2.05) is 6.92 Å². The number of pyridine rings is 1. The van der Waals surface area contributed by atoms with E-state index in [9.17, 15) is 9.59 Å². The van der Waals surface area contributed by atoms with Crippen molar-refractivity contribution in [3.05, 3.63) is 34.2 Å². The SMILES string of the molecule is CCCCCNC(=O)c1cn(CC)c(=O)c2cc(OC)c(OC)cc12. The van der Waals surface area contributed by atoms with Crippen molar-refractivity contribution >= 4 is 16.7 Å². The number of carbonyl (C=O) groups is 1. The highest BCUT2D eigenvalue weighted by Gasteiger charge is 2.17. The van der Waals surface area contributed by atoms with E-state index in [-0.39, 0.29) is 11.5 Å². The van der Waals surface area contributed by atoms with Crippen LogP contribution in [-0.4, -0.2) is 31.2 Å². The first-order valence-electron chi connectivity index (χ1n) is 8.64. The Balaban J connectivity index is 2.56.